The monoisotopic (exact) mass is 398 g/mol. The molecule has 0 aliphatic carbocycles. The van der Waals surface area contributed by atoms with Crippen molar-refractivity contribution in [1.29, 1.82) is 0 Å². The molecular weight excluding hydrogens is 385 g/mol. The molecule has 0 bridgehead atoms. The van der Waals surface area contributed by atoms with E-state index < -0.39 is 18.8 Å². The second-order valence-corrected chi connectivity index (χ2v) is 6.38. The van der Waals surface area contributed by atoms with E-state index in [1.54, 1.807) is 12.4 Å². The maximum absolute atomic E-state index is 12.6. The molecule has 3 rings (SSSR count). The minimum atomic E-state index is -4.49. The molecule has 0 radical (unpaired) electrons. The van der Waals surface area contributed by atoms with Gasteiger partial charge in [-0.1, -0.05) is 18.7 Å². The standard InChI is InChI=1S/C15H13F3N6O2S/c1-2-27-14-23-11(9-4-21-22-5-9)3-12(25)24(14)10-6-19-13(20-7-10)26-8-15(16,17)18/h3-7H,2,8H2,1H3,(H,21,22). The van der Waals surface area contributed by atoms with Crippen LogP contribution >= 0.6 is 11.8 Å². The topological polar surface area (TPSA) is 98.6 Å². The number of rotatable bonds is 6. The zero-order valence-electron chi connectivity index (χ0n) is 13.9. The maximum atomic E-state index is 12.6. The first-order valence-electron chi connectivity index (χ1n) is 7.65. The fourth-order valence-electron chi connectivity index (χ4n) is 2.11. The van der Waals surface area contributed by atoms with Crippen molar-refractivity contribution < 1.29 is 17.9 Å². The summed E-state index contributed by atoms with van der Waals surface area (Å²) in [7, 11) is 0. The van der Waals surface area contributed by atoms with Crippen molar-refractivity contribution in [2.24, 2.45) is 0 Å². The van der Waals surface area contributed by atoms with E-state index in [4.69, 9.17) is 0 Å². The van der Waals surface area contributed by atoms with E-state index in [0.29, 0.717) is 22.2 Å². The predicted molar refractivity (Wildman–Crippen MR) is 91.0 cm³/mol. The molecule has 0 atom stereocenters. The van der Waals surface area contributed by atoms with E-state index in [1.165, 1.54) is 34.8 Å². The van der Waals surface area contributed by atoms with Crippen LogP contribution in [0.1, 0.15) is 6.92 Å². The number of thioether (sulfide) groups is 1. The van der Waals surface area contributed by atoms with Gasteiger partial charge in [0.25, 0.3) is 5.56 Å². The molecule has 0 unspecified atom stereocenters. The van der Waals surface area contributed by atoms with Crippen LogP contribution in [0, 0.1) is 0 Å². The minimum absolute atomic E-state index is 0.265. The maximum Gasteiger partial charge on any atom is 0.422 e. The summed E-state index contributed by atoms with van der Waals surface area (Å²) in [5, 5.41) is 6.89. The van der Waals surface area contributed by atoms with Crippen molar-refractivity contribution in [3.63, 3.8) is 0 Å². The highest BCUT2D eigenvalue weighted by atomic mass is 32.2. The van der Waals surface area contributed by atoms with Crippen LogP contribution in [-0.2, 0) is 0 Å². The molecule has 0 amide bonds. The van der Waals surface area contributed by atoms with E-state index in [9.17, 15) is 18.0 Å². The Kier molecular flexibility index (Phi) is 5.44. The number of halogens is 3. The molecule has 27 heavy (non-hydrogen) atoms. The summed E-state index contributed by atoms with van der Waals surface area (Å²) < 4.78 is 42.3. The van der Waals surface area contributed by atoms with Crippen LogP contribution in [-0.4, -0.2) is 48.3 Å². The van der Waals surface area contributed by atoms with E-state index in [0.717, 1.165) is 0 Å². The van der Waals surface area contributed by atoms with Crippen molar-refractivity contribution in [3.8, 4) is 23.0 Å². The Labute approximate surface area is 154 Å². The summed E-state index contributed by atoms with van der Waals surface area (Å²) in [6, 6.07) is 0.898. The highest BCUT2D eigenvalue weighted by Crippen LogP contribution is 2.22. The number of nitrogens with zero attached hydrogens (tertiary/aromatic N) is 5. The molecule has 8 nitrogen and oxygen atoms in total. The third-order valence-corrected chi connectivity index (χ3v) is 4.01. The summed E-state index contributed by atoms with van der Waals surface area (Å²) in [5.74, 6) is 0.648. The van der Waals surface area contributed by atoms with Gasteiger partial charge in [0.1, 0.15) is 0 Å². The molecule has 1 N–H and O–H groups in total. The van der Waals surface area contributed by atoms with Crippen molar-refractivity contribution in [2.45, 2.75) is 18.3 Å². The summed E-state index contributed by atoms with van der Waals surface area (Å²) in [5.41, 5.74) is 0.989. The van der Waals surface area contributed by atoms with Gasteiger partial charge in [0.05, 0.1) is 30.0 Å². The zero-order valence-corrected chi connectivity index (χ0v) is 14.7. The molecule has 0 aliphatic rings. The summed E-state index contributed by atoms with van der Waals surface area (Å²) in [6.07, 6.45) is 1.08. The number of aromatic nitrogens is 6. The van der Waals surface area contributed by atoms with E-state index in [1.807, 2.05) is 6.92 Å². The van der Waals surface area contributed by atoms with Gasteiger partial charge in [0, 0.05) is 17.8 Å². The van der Waals surface area contributed by atoms with Crippen molar-refractivity contribution in [1.82, 2.24) is 29.7 Å². The molecule has 0 fully saturated rings. The molecule has 0 saturated heterocycles. The lowest BCUT2D eigenvalue weighted by atomic mass is 10.2. The third kappa shape index (κ3) is 4.64. The van der Waals surface area contributed by atoms with E-state index >= 15 is 0 Å². The lowest BCUT2D eigenvalue weighted by Crippen LogP contribution is -2.22. The summed E-state index contributed by atoms with van der Waals surface area (Å²) in [6.45, 7) is 0.403. The van der Waals surface area contributed by atoms with Gasteiger partial charge in [-0.3, -0.25) is 14.5 Å². The van der Waals surface area contributed by atoms with Gasteiger partial charge in [0.2, 0.25) is 0 Å². The average Bonchev–Trinajstić information content (AvgIpc) is 3.15. The fourth-order valence-corrected chi connectivity index (χ4v) is 2.85. The SMILES string of the molecule is CCSc1nc(-c2cn[nH]c2)cc(=O)n1-c1cnc(OCC(F)(F)F)nc1. The molecule has 12 heteroatoms. The highest BCUT2D eigenvalue weighted by Gasteiger charge is 2.29. The van der Waals surface area contributed by atoms with Gasteiger partial charge >= 0.3 is 12.2 Å². The molecule has 3 aromatic heterocycles. The van der Waals surface area contributed by atoms with Gasteiger partial charge in [-0.25, -0.2) is 15.0 Å². The Hall–Kier alpha value is -2.89. The molecule has 3 heterocycles. The molecule has 0 saturated carbocycles. The molecule has 0 spiro atoms. The lowest BCUT2D eigenvalue weighted by molar-refractivity contribution is -0.154. The number of hydrogen-bond donors (Lipinski definition) is 1. The third-order valence-electron chi connectivity index (χ3n) is 3.19. The fraction of sp³-hybridized carbons (Fsp3) is 0.267. The Morgan fingerprint density at radius 2 is 2.00 bits per heavy atom. The van der Waals surface area contributed by atoms with Crippen molar-refractivity contribution >= 4 is 11.8 Å². The molecule has 0 aromatic carbocycles. The smallest absolute Gasteiger partial charge is 0.422 e. The first kappa shape index (κ1) is 18.9. The van der Waals surface area contributed by atoms with Crippen LogP contribution in [0.4, 0.5) is 13.2 Å². The van der Waals surface area contributed by atoms with Crippen LogP contribution in [0.2, 0.25) is 0 Å². The van der Waals surface area contributed by atoms with Crippen LogP contribution in [0.15, 0.2) is 40.8 Å². The lowest BCUT2D eigenvalue weighted by Gasteiger charge is -2.12. The second-order valence-electron chi connectivity index (χ2n) is 5.15. The van der Waals surface area contributed by atoms with Crippen LogP contribution in [0.25, 0.3) is 16.9 Å². The van der Waals surface area contributed by atoms with E-state index in [-0.39, 0.29) is 11.2 Å². The zero-order chi connectivity index (χ0) is 19.4. The van der Waals surface area contributed by atoms with Gasteiger partial charge in [-0.05, 0) is 5.75 Å². The van der Waals surface area contributed by atoms with Crippen molar-refractivity contribution in [3.05, 3.63) is 41.2 Å². The first-order chi connectivity index (χ1) is 12.9. The normalized spacial score (nSPS) is 11.6. The summed E-state index contributed by atoms with van der Waals surface area (Å²) in [4.78, 5) is 24.5. The number of nitrogens with one attached hydrogen (secondary N) is 1. The first-order valence-corrected chi connectivity index (χ1v) is 8.64. The van der Waals surface area contributed by atoms with Crippen molar-refractivity contribution in [2.75, 3.05) is 12.4 Å². The average molecular weight is 398 g/mol. The molecular formula is C15H13F3N6O2S. The van der Waals surface area contributed by atoms with Gasteiger partial charge in [-0.15, -0.1) is 0 Å². The van der Waals surface area contributed by atoms with Crippen LogP contribution in [0.5, 0.6) is 6.01 Å². The largest absolute Gasteiger partial charge is 0.454 e. The number of H-pyrrole nitrogens is 1. The number of alkyl halides is 3. The van der Waals surface area contributed by atoms with Gasteiger partial charge < -0.3 is 4.74 Å². The number of aromatic amines is 1. The predicted octanol–water partition coefficient (Wildman–Crippen LogP) is 2.47. The Morgan fingerprint density at radius 3 is 2.59 bits per heavy atom. The van der Waals surface area contributed by atoms with Gasteiger partial charge in [0.15, 0.2) is 11.8 Å². The Morgan fingerprint density at radius 1 is 1.26 bits per heavy atom. The number of ether oxygens (including phenoxy) is 1. The molecule has 0 aliphatic heterocycles. The number of hydrogen-bond acceptors (Lipinski definition) is 7. The molecule has 142 valence electrons. The Bertz CT molecular complexity index is 957. The quantitative estimate of drug-likeness (QED) is 0.503. The molecule has 3 aromatic rings. The second kappa shape index (κ2) is 7.78. The van der Waals surface area contributed by atoms with Crippen LogP contribution < -0.4 is 10.3 Å². The van der Waals surface area contributed by atoms with E-state index in [2.05, 4.69) is 29.9 Å². The highest BCUT2D eigenvalue weighted by molar-refractivity contribution is 7.99. The minimum Gasteiger partial charge on any atom is -0.454 e. The van der Waals surface area contributed by atoms with Crippen LogP contribution in [0.3, 0.4) is 0 Å². The Balaban J connectivity index is 1.94. The van der Waals surface area contributed by atoms with Gasteiger partial charge in [-0.2, -0.15) is 18.3 Å². The summed E-state index contributed by atoms with van der Waals surface area (Å²) >= 11 is 1.33.